The van der Waals surface area contributed by atoms with E-state index in [0.29, 0.717) is 0 Å². The summed E-state index contributed by atoms with van der Waals surface area (Å²) in [7, 11) is 0. The molecule has 204 valence electrons. The van der Waals surface area contributed by atoms with Crippen molar-refractivity contribution in [2.24, 2.45) is 0 Å². The van der Waals surface area contributed by atoms with Gasteiger partial charge in [-0.15, -0.1) is 0 Å². The Hall–Kier alpha value is -5.79. The number of aromatic nitrogens is 1. The van der Waals surface area contributed by atoms with Crippen molar-refractivity contribution in [3.05, 3.63) is 164 Å². The van der Waals surface area contributed by atoms with Gasteiger partial charge in [-0.2, -0.15) is 0 Å². The van der Waals surface area contributed by atoms with Gasteiger partial charge in [-0.3, -0.25) is 4.98 Å². The summed E-state index contributed by atoms with van der Waals surface area (Å²) in [4.78, 5) is 4.70. The maximum Gasteiger partial charge on any atom is 0.0702 e. The lowest BCUT2D eigenvalue weighted by atomic mass is 9.85. The van der Waals surface area contributed by atoms with Crippen LogP contribution in [0.4, 0.5) is 0 Å². The van der Waals surface area contributed by atoms with E-state index in [1.165, 1.54) is 71.3 Å². The standard InChI is InChI=1S/C43H27N/c1-2-7-28(8-3-1)29-13-17-31(18-14-29)39-26-40(38-24-22-34-11-6-10-33-21-23-37(39)43(38)42(33)34)32-19-15-30(16-20-32)36-25-35-9-4-5-12-41(35)44-27-36/h1-27H. The summed E-state index contributed by atoms with van der Waals surface area (Å²) in [5.41, 5.74) is 10.7. The van der Waals surface area contributed by atoms with Gasteiger partial charge in [-0.05, 0) is 89.5 Å². The third-order valence-electron chi connectivity index (χ3n) is 9.07. The summed E-state index contributed by atoms with van der Waals surface area (Å²) in [5.74, 6) is 0. The molecule has 1 aromatic heterocycles. The lowest BCUT2D eigenvalue weighted by molar-refractivity contribution is 1.41. The van der Waals surface area contributed by atoms with Gasteiger partial charge < -0.3 is 0 Å². The Morgan fingerprint density at radius 1 is 0.318 bits per heavy atom. The Morgan fingerprint density at radius 3 is 1.50 bits per heavy atom. The van der Waals surface area contributed by atoms with Gasteiger partial charge in [-0.1, -0.05) is 140 Å². The molecule has 0 saturated heterocycles. The molecule has 44 heavy (non-hydrogen) atoms. The van der Waals surface area contributed by atoms with E-state index in [9.17, 15) is 0 Å². The average Bonchev–Trinajstić information content (AvgIpc) is 3.11. The predicted octanol–water partition coefficient (Wildman–Crippen LogP) is 11.8. The molecule has 0 saturated carbocycles. The molecular formula is C43H27N. The van der Waals surface area contributed by atoms with Crippen LogP contribution in [0, 0.1) is 0 Å². The number of pyridine rings is 1. The molecule has 0 atom stereocenters. The molecule has 0 N–H and O–H groups in total. The van der Waals surface area contributed by atoms with Crippen LogP contribution in [0.2, 0.25) is 0 Å². The van der Waals surface area contributed by atoms with E-state index >= 15 is 0 Å². The number of hydrogen-bond donors (Lipinski definition) is 0. The minimum Gasteiger partial charge on any atom is -0.256 e. The largest absolute Gasteiger partial charge is 0.256 e. The topological polar surface area (TPSA) is 12.9 Å². The van der Waals surface area contributed by atoms with Crippen molar-refractivity contribution in [3.8, 4) is 44.5 Å². The lowest BCUT2D eigenvalue weighted by Gasteiger charge is -2.18. The molecular weight excluding hydrogens is 530 g/mol. The molecule has 1 heteroatoms. The number of benzene rings is 8. The zero-order valence-corrected chi connectivity index (χ0v) is 24.0. The minimum absolute atomic E-state index is 1.02. The Labute approximate surface area is 256 Å². The van der Waals surface area contributed by atoms with Crippen LogP contribution in [-0.4, -0.2) is 4.98 Å². The fourth-order valence-corrected chi connectivity index (χ4v) is 6.85. The second kappa shape index (κ2) is 9.90. The summed E-state index contributed by atoms with van der Waals surface area (Å²) in [6.45, 7) is 0. The van der Waals surface area contributed by atoms with Gasteiger partial charge in [0.25, 0.3) is 0 Å². The molecule has 9 aromatic rings. The van der Waals surface area contributed by atoms with Crippen LogP contribution in [0.1, 0.15) is 0 Å². The third-order valence-corrected chi connectivity index (χ3v) is 9.07. The van der Waals surface area contributed by atoms with Gasteiger partial charge in [0.1, 0.15) is 0 Å². The highest BCUT2D eigenvalue weighted by molar-refractivity contribution is 6.28. The van der Waals surface area contributed by atoms with Crippen molar-refractivity contribution >= 4 is 43.2 Å². The van der Waals surface area contributed by atoms with Crippen molar-refractivity contribution in [1.29, 1.82) is 0 Å². The van der Waals surface area contributed by atoms with Crippen molar-refractivity contribution in [2.75, 3.05) is 0 Å². The van der Waals surface area contributed by atoms with Crippen LogP contribution in [0.25, 0.3) is 87.7 Å². The first-order chi connectivity index (χ1) is 21.8. The quantitative estimate of drug-likeness (QED) is 0.196. The van der Waals surface area contributed by atoms with Gasteiger partial charge >= 0.3 is 0 Å². The zero-order chi connectivity index (χ0) is 29.0. The number of rotatable bonds is 4. The van der Waals surface area contributed by atoms with Gasteiger partial charge in [-0.25, -0.2) is 0 Å². The van der Waals surface area contributed by atoms with Crippen LogP contribution in [0.5, 0.6) is 0 Å². The zero-order valence-electron chi connectivity index (χ0n) is 24.0. The van der Waals surface area contributed by atoms with E-state index in [2.05, 4.69) is 152 Å². The Balaban J connectivity index is 1.23. The number of fused-ring (bicyclic) bond motifs is 1. The average molecular weight is 558 g/mol. The summed E-state index contributed by atoms with van der Waals surface area (Å²) in [6.07, 6.45) is 1.98. The predicted molar refractivity (Wildman–Crippen MR) is 187 cm³/mol. The highest BCUT2D eigenvalue weighted by Gasteiger charge is 2.17. The summed E-state index contributed by atoms with van der Waals surface area (Å²) >= 11 is 0. The van der Waals surface area contributed by atoms with Crippen molar-refractivity contribution in [3.63, 3.8) is 0 Å². The van der Waals surface area contributed by atoms with Crippen LogP contribution in [-0.2, 0) is 0 Å². The number of nitrogens with zero attached hydrogens (tertiary/aromatic N) is 1. The second-order valence-corrected chi connectivity index (χ2v) is 11.6. The Bertz CT molecular complexity index is 2440. The van der Waals surface area contributed by atoms with Gasteiger partial charge in [0.05, 0.1) is 5.52 Å². The Kier molecular flexibility index (Phi) is 5.57. The first-order valence-corrected chi connectivity index (χ1v) is 15.1. The molecule has 9 rings (SSSR count). The smallest absolute Gasteiger partial charge is 0.0702 e. The molecule has 0 bridgehead atoms. The van der Waals surface area contributed by atoms with Crippen molar-refractivity contribution < 1.29 is 0 Å². The minimum atomic E-state index is 1.02. The van der Waals surface area contributed by atoms with Crippen LogP contribution >= 0.6 is 0 Å². The molecule has 1 heterocycles. The monoisotopic (exact) mass is 557 g/mol. The Morgan fingerprint density at radius 2 is 0.841 bits per heavy atom. The molecule has 0 radical (unpaired) electrons. The van der Waals surface area contributed by atoms with E-state index in [1.54, 1.807) is 0 Å². The summed E-state index contributed by atoms with van der Waals surface area (Å²) in [6, 6.07) is 57.3. The van der Waals surface area contributed by atoms with Crippen LogP contribution < -0.4 is 0 Å². The maximum atomic E-state index is 4.70. The lowest BCUT2D eigenvalue weighted by Crippen LogP contribution is -1.91. The van der Waals surface area contributed by atoms with Crippen molar-refractivity contribution in [2.45, 2.75) is 0 Å². The van der Waals surface area contributed by atoms with Crippen molar-refractivity contribution in [1.82, 2.24) is 4.98 Å². The molecule has 1 nitrogen and oxygen atoms in total. The fraction of sp³-hybridized carbons (Fsp3) is 0. The summed E-state index contributed by atoms with van der Waals surface area (Å²) < 4.78 is 0. The second-order valence-electron chi connectivity index (χ2n) is 11.6. The first-order valence-electron chi connectivity index (χ1n) is 15.1. The molecule has 0 aliphatic carbocycles. The number of hydrogen-bond acceptors (Lipinski definition) is 1. The van der Waals surface area contributed by atoms with Crippen LogP contribution in [0.3, 0.4) is 0 Å². The van der Waals surface area contributed by atoms with E-state index in [1.807, 2.05) is 12.3 Å². The highest BCUT2D eigenvalue weighted by atomic mass is 14.6. The van der Waals surface area contributed by atoms with E-state index in [-0.39, 0.29) is 0 Å². The van der Waals surface area contributed by atoms with E-state index < -0.39 is 0 Å². The van der Waals surface area contributed by atoms with Gasteiger partial charge in [0.2, 0.25) is 0 Å². The first kappa shape index (κ1) is 24.8. The molecule has 0 aliphatic rings. The molecule has 0 aliphatic heterocycles. The highest BCUT2D eigenvalue weighted by Crippen LogP contribution is 2.44. The SMILES string of the molecule is c1ccc(-c2ccc(-c3cc(-c4ccc(-c5cnc6ccccc6c5)cc4)c4ccc5cccc6ccc3c4c65)cc2)cc1. The molecule has 0 amide bonds. The summed E-state index contributed by atoms with van der Waals surface area (Å²) in [5, 5.41) is 8.97. The van der Waals surface area contributed by atoms with Gasteiger partial charge in [0, 0.05) is 17.1 Å². The van der Waals surface area contributed by atoms with E-state index in [4.69, 9.17) is 4.98 Å². The molecule has 0 unspecified atom stereocenters. The molecule has 0 spiro atoms. The molecule has 0 fully saturated rings. The normalized spacial score (nSPS) is 11.6. The third kappa shape index (κ3) is 3.98. The van der Waals surface area contributed by atoms with Crippen LogP contribution in [0.15, 0.2) is 164 Å². The fourth-order valence-electron chi connectivity index (χ4n) is 6.85. The maximum absolute atomic E-state index is 4.70. The molecule has 8 aromatic carbocycles. The van der Waals surface area contributed by atoms with Gasteiger partial charge in [0.15, 0.2) is 0 Å². The number of para-hydroxylation sites is 1. The van der Waals surface area contributed by atoms with E-state index in [0.717, 1.165) is 16.5 Å².